The van der Waals surface area contributed by atoms with Crippen molar-refractivity contribution in [2.24, 2.45) is 0 Å². The van der Waals surface area contributed by atoms with E-state index < -0.39 is 11.0 Å². The van der Waals surface area contributed by atoms with Gasteiger partial charge < -0.3 is 9.84 Å². The second-order valence-corrected chi connectivity index (χ2v) is 5.48. The number of amides is 1. The van der Waals surface area contributed by atoms with Crippen molar-refractivity contribution in [3.63, 3.8) is 0 Å². The number of allylic oxidation sites excluding steroid dienone is 1. The Kier molecular flexibility index (Phi) is 5.64. The first-order valence-electron chi connectivity index (χ1n) is 7.08. The van der Waals surface area contributed by atoms with Gasteiger partial charge in [-0.2, -0.15) is 0 Å². The first kappa shape index (κ1) is 16.9. The van der Waals surface area contributed by atoms with Crippen LogP contribution in [-0.2, 0) is 11.3 Å². The summed E-state index contributed by atoms with van der Waals surface area (Å²) in [6.45, 7) is 0.526. The zero-order chi connectivity index (χ0) is 16.8. The second kappa shape index (κ2) is 7.68. The number of nitrogens with zero attached hydrogens (tertiary/aromatic N) is 2. The van der Waals surface area contributed by atoms with E-state index in [2.05, 4.69) is 12.2 Å². The van der Waals surface area contributed by atoms with Gasteiger partial charge in [0, 0.05) is 30.5 Å². The number of thiocarbonyl (C=S) groups is 1. The van der Waals surface area contributed by atoms with E-state index in [-0.39, 0.29) is 17.3 Å². The zero-order valence-electron chi connectivity index (χ0n) is 12.3. The van der Waals surface area contributed by atoms with Gasteiger partial charge in [-0.25, -0.2) is 4.79 Å². The first-order valence-corrected chi connectivity index (χ1v) is 7.49. The zero-order valence-corrected chi connectivity index (χ0v) is 13.1. The van der Waals surface area contributed by atoms with Crippen molar-refractivity contribution < 1.29 is 19.6 Å². The molecular weight excluding hydrogens is 320 g/mol. The fourth-order valence-electron chi connectivity index (χ4n) is 2.29. The maximum atomic E-state index is 12.2. The number of nitro benzene ring substituents is 1. The average molecular weight is 336 g/mol. The van der Waals surface area contributed by atoms with Crippen LogP contribution in [0.5, 0.6) is 0 Å². The van der Waals surface area contributed by atoms with E-state index in [1.54, 1.807) is 12.1 Å². The number of benzene rings is 1. The summed E-state index contributed by atoms with van der Waals surface area (Å²) < 4.78 is 5.23. The van der Waals surface area contributed by atoms with Crippen molar-refractivity contribution in [3.8, 4) is 0 Å². The number of nitro groups is 1. The highest BCUT2D eigenvalue weighted by atomic mass is 32.1. The summed E-state index contributed by atoms with van der Waals surface area (Å²) >= 11 is 4.64. The van der Waals surface area contributed by atoms with Gasteiger partial charge in [0.25, 0.3) is 5.69 Å². The lowest BCUT2D eigenvalue weighted by atomic mass is 10.1. The molecule has 1 N–H and O–H groups in total. The Morgan fingerprint density at radius 2 is 2.09 bits per heavy atom. The monoisotopic (exact) mass is 336 g/mol. The largest absolute Gasteiger partial charge is 0.499 e. The minimum atomic E-state index is -0.523. The third-order valence-electron chi connectivity index (χ3n) is 3.43. The molecule has 1 aliphatic rings. The van der Waals surface area contributed by atoms with Gasteiger partial charge in [0.05, 0.1) is 4.92 Å². The lowest BCUT2D eigenvalue weighted by molar-refractivity contribution is -0.384. The highest BCUT2D eigenvalue weighted by Crippen LogP contribution is 2.22. The molecule has 2 rings (SSSR count). The molecule has 0 aromatic heterocycles. The van der Waals surface area contributed by atoms with Gasteiger partial charge in [0.1, 0.15) is 6.61 Å². The minimum absolute atomic E-state index is 0.0159. The van der Waals surface area contributed by atoms with Crippen molar-refractivity contribution in [2.45, 2.75) is 25.9 Å². The van der Waals surface area contributed by atoms with Crippen LogP contribution in [-0.4, -0.2) is 32.6 Å². The summed E-state index contributed by atoms with van der Waals surface area (Å²) in [5.74, 6) is 0. The number of aliphatic hydroxyl groups is 1. The van der Waals surface area contributed by atoms with Crippen molar-refractivity contribution in [3.05, 3.63) is 51.7 Å². The van der Waals surface area contributed by atoms with Gasteiger partial charge in [0.15, 0.2) is 5.05 Å². The van der Waals surface area contributed by atoms with E-state index in [0.29, 0.717) is 24.2 Å². The molecule has 0 aliphatic carbocycles. The number of non-ortho nitro benzene ring substituents is 1. The van der Waals surface area contributed by atoms with Gasteiger partial charge in [-0.3, -0.25) is 15.0 Å². The molecule has 1 saturated heterocycles. The molecule has 0 bridgehead atoms. The topological polar surface area (TPSA) is 92.9 Å². The van der Waals surface area contributed by atoms with E-state index in [1.807, 2.05) is 0 Å². The SMILES string of the molecule is O=C(OCc1ccc([N+](=O)[O-])cc1)N1CCCCC1=CC(O)=S. The Labute approximate surface area is 138 Å². The number of likely N-dealkylation sites (tertiary alicyclic amines) is 1. The molecule has 1 fully saturated rings. The van der Waals surface area contributed by atoms with E-state index in [9.17, 15) is 20.0 Å². The van der Waals surface area contributed by atoms with E-state index >= 15 is 0 Å². The van der Waals surface area contributed by atoms with Gasteiger partial charge in [0.2, 0.25) is 0 Å². The highest BCUT2D eigenvalue weighted by Gasteiger charge is 2.23. The predicted molar refractivity (Wildman–Crippen MR) is 87.1 cm³/mol. The molecule has 1 amide bonds. The first-order chi connectivity index (χ1) is 11.0. The molecule has 7 nitrogen and oxygen atoms in total. The van der Waals surface area contributed by atoms with E-state index in [0.717, 1.165) is 12.8 Å². The lowest BCUT2D eigenvalue weighted by Crippen LogP contribution is -2.34. The maximum absolute atomic E-state index is 12.2. The van der Waals surface area contributed by atoms with Crippen LogP contribution in [0.15, 0.2) is 36.0 Å². The van der Waals surface area contributed by atoms with Gasteiger partial charge >= 0.3 is 6.09 Å². The summed E-state index contributed by atoms with van der Waals surface area (Å²) in [5.41, 5.74) is 1.28. The summed E-state index contributed by atoms with van der Waals surface area (Å²) in [7, 11) is 0. The number of hydrogen-bond acceptors (Lipinski definition) is 5. The smallest absolute Gasteiger partial charge is 0.414 e. The second-order valence-electron chi connectivity index (χ2n) is 5.06. The normalized spacial score (nSPS) is 16.2. The molecular formula is C15H16N2O5S. The Morgan fingerprint density at radius 1 is 1.39 bits per heavy atom. The number of piperidine rings is 1. The summed E-state index contributed by atoms with van der Waals surface area (Å²) in [6.07, 6.45) is 3.28. The maximum Gasteiger partial charge on any atom is 0.414 e. The van der Waals surface area contributed by atoms with Crippen molar-refractivity contribution >= 4 is 29.0 Å². The Bertz CT molecular complexity index is 642. The number of rotatable bonds is 4. The molecule has 0 atom stereocenters. The number of carbonyl (C=O) groups is 1. The third-order valence-corrected chi connectivity index (χ3v) is 3.55. The summed E-state index contributed by atoms with van der Waals surface area (Å²) in [6, 6.07) is 5.81. The van der Waals surface area contributed by atoms with Crippen LogP contribution in [0.1, 0.15) is 24.8 Å². The molecule has 0 unspecified atom stereocenters. The Hall–Kier alpha value is -2.48. The molecule has 0 saturated carbocycles. The van der Waals surface area contributed by atoms with Crippen LogP contribution in [0.2, 0.25) is 0 Å². The quantitative estimate of drug-likeness (QED) is 0.391. The van der Waals surface area contributed by atoms with Gasteiger partial charge in [-0.15, -0.1) is 0 Å². The Balaban J connectivity index is 1.97. The van der Waals surface area contributed by atoms with Gasteiger partial charge in [-0.05, 0) is 49.2 Å². The van der Waals surface area contributed by atoms with Crippen molar-refractivity contribution in [2.75, 3.05) is 6.54 Å². The fraction of sp³-hybridized carbons (Fsp3) is 0.333. The van der Waals surface area contributed by atoms with Crippen LogP contribution in [0.4, 0.5) is 10.5 Å². The van der Waals surface area contributed by atoms with Crippen LogP contribution in [0.3, 0.4) is 0 Å². The van der Waals surface area contributed by atoms with Crippen molar-refractivity contribution in [1.29, 1.82) is 0 Å². The van der Waals surface area contributed by atoms with Gasteiger partial charge in [-0.1, -0.05) is 0 Å². The predicted octanol–water partition coefficient (Wildman–Crippen LogP) is 3.49. The molecule has 23 heavy (non-hydrogen) atoms. The molecule has 8 heteroatoms. The Morgan fingerprint density at radius 3 is 2.70 bits per heavy atom. The fourth-order valence-corrected chi connectivity index (χ4v) is 2.43. The average Bonchev–Trinajstić information content (AvgIpc) is 2.53. The number of carbonyl (C=O) groups excluding carboxylic acids is 1. The standard InChI is InChI=1S/C15H16N2O5S/c18-14(23)9-13-3-1-2-8-16(13)15(19)22-10-11-4-6-12(7-5-11)17(20)21/h4-7,9H,1-3,8,10H2,(H,18,23). The molecule has 1 aromatic rings. The van der Waals surface area contributed by atoms with E-state index in [1.165, 1.54) is 23.1 Å². The van der Waals surface area contributed by atoms with Crippen molar-refractivity contribution in [1.82, 2.24) is 4.90 Å². The summed E-state index contributed by atoms with van der Waals surface area (Å²) in [5, 5.41) is 19.5. The van der Waals surface area contributed by atoms with Crippen LogP contribution in [0, 0.1) is 10.1 Å². The number of ether oxygens (including phenoxy) is 1. The molecule has 0 spiro atoms. The molecule has 122 valence electrons. The number of hydrogen-bond donors (Lipinski definition) is 1. The third kappa shape index (κ3) is 4.75. The molecule has 0 radical (unpaired) electrons. The van der Waals surface area contributed by atoms with Crippen LogP contribution < -0.4 is 0 Å². The summed E-state index contributed by atoms with van der Waals surface area (Å²) in [4.78, 5) is 23.7. The molecule has 1 aliphatic heterocycles. The van der Waals surface area contributed by atoms with Crippen LogP contribution in [0.25, 0.3) is 0 Å². The lowest BCUT2D eigenvalue weighted by Gasteiger charge is -2.28. The highest BCUT2D eigenvalue weighted by molar-refractivity contribution is 7.80. The molecule has 1 heterocycles. The minimum Gasteiger partial charge on any atom is -0.499 e. The number of aliphatic hydroxyl groups excluding tert-OH is 1. The van der Waals surface area contributed by atoms with Crippen LogP contribution >= 0.6 is 12.2 Å². The van der Waals surface area contributed by atoms with E-state index in [4.69, 9.17) is 4.74 Å². The molecule has 1 aromatic carbocycles.